The summed E-state index contributed by atoms with van der Waals surface area (Å²) in [7, 11) is 0. The third-order valence-corrected chi connectivity index (χ3v) is 8.30. The van der Waals surface area contributed by atoms with Crippen LogP contribution in [0.2, 0.25) is 0 Å². The van der Waals surface area contributed by atoms with Gasteiger partial charge in [-0.25, -0.2) is 0 Å². The number of aliphatic hydroxyl groups is 2. The largest absolute Gasteiger partial charge is 0.392 e. The molecule has 134 valence electrons. The molecule has 0 spiro atoms. The maximum Gasteiger partial charge on any atom is 0.183 e. The van der Waals surface area contributed by atoms with Crippen molar-refractivity contribution < 1.29 is 15.0 Å². The van der Waals surface area contributed by atoms with Crippen molar-refractivity contribution in [3.05, 3.63) is 23.3 Å². The van der Waals surface area contributed by atoms with E-state index < -0.39 is 5.60 Å². The van der Waals surface area contributed by atoms with Crippen molar-refractivity contribution >= 4 is 5.78 Å². The lowest BCUT2D eigenvalue weighted by molar-refractivity contribution is -0.112. The van der Waals surface area contributed by atoms with E-state index in [-0.39, 0.29) is 23.2 Å². The first-order chi connectivity index (χ1) is 11.8. The molecule has 2 N–H and O–H groups in total. The molecule has 3 nitrogen and oxygen atoms in total. The summed E-state index contributed by atoms with van der Waals surface area (Å²) in [4.78, 5) is 12.2. The van der Waals surface area contributed by atoms with Crippen LogP contribution in [0.5, 0.6) is 0 Å². The standard InChI is InChI=1S/C22H28O3/c1-4-22(25)10-8-18-16-6-5-15-11-19(24)14(13-23)12-20(15,2)17(16)7-9-21(18,22)3/h1,11-12,16-18,23,25H,5-10,13H2,2-3H3. The zero-order valence-corrected chi connectivity index (χ0v) is 15.2. The molecule has 0 radical (unpaired) electrons. The van der Waals surface area contributed by atoms with Crippen molar-refractivity contribution in [2.75, 3.05) is 6.61 Å². The Morgan fingerprint density at radius 3 is 2.64 bits per heavy atom. The third-order valence-electron chi connectivity index (χ3n) is 8.30. The lowest BCUT2D eigenvalue weighted by atomic mass is 9.47. The van der Waals surface area contributed by atoms with Crippen molar-refractivity contribution in [1.29, 1.82) is 0 Å². The highest BCUT2D eigenvalue weighted by Crippen LogP contribution is 2.66. The van der Waals surface area contributed by atoms with Gasteiger partial charge in [0, 0.05) is 16.4 Å². The number of aliphatic hydroxyl groups excluding tert-OH is 1. The van der Waals surface area contributed by atoms with Crippen molar-refractivity contribution in [3.8, 4) is 12.3 Å². The van der Waals surface area contributed by atoms with E-state index in [4.69, 9.17) is 6.42 Å². The van der Waals surface area contributed by atoms with Crippen LogP contribution in [0.15, 0.2) is 23.3 Å². The van der Waals surface area contributed by atoms with Crippen LogP contribution in [-0.2, 0) is 4.79 Å². The van der Waals surface area contributed by atoms with Crippen LogP contribution < -0.4 is 0 Å². The summed E-state index contributed by atoms with van der Waals surface area (Å²) in [5.74, 6) is 4.11. The molecular weight excluding hydrogens is 312 g/mol. The summed E-state index contributed by atoms with van der Waals surface area (Å²) in [5.41, 5.74) is 0.437. The fourth-order valence-corrected chi connectivity index (χ4v) is 6.75. The Morgan fingerprint density at radius 2 is 1.96 bits per heavy atom. The second-order valence-corrected chi connectivity index (χ2v) is 9.06. The number of carbonyl (C=O) groups is 1. The number of fused-ring (bicyclic) bond motifs is 5. The van der Waals surface area contributed by atoms with Gasteiger partial charge in [0.15, 0.2) is 5.78 Å². The monoisotopic (exact) mass is 340 g/mol. The molecule has 0 aliphatic heterocycles. The van der Waals surface area contributed by atoms with E-state index in [0.29, 0.717) is 29.7 Å². The zero-order chi connectivity index (χ0) is 18.0. The van der Waals surface area contributed by atoms with Gasteiger partial charge in [-0.2, -0.15) is 0 Å². The van der Waals surface area contributed by atoms with Crippen LogP contribution in [0, 0.1) is 40.9 Å². The highest BCUT2D eigenvalue weighted by molar-refractivity contribution is 6.06. The summed E-state index contributed by atoms with van der Waals surface area (Å²) in [5, 5.41) is 20.6. The summed E-state index contributed by atoms with van der Waals surface area (Å²) in [6.45, 7) is 4.24. The molecule has 0 bridgehead atoms. The van der Waals surface area contributed by atoms with Crippen LogP contribution in [0.25, 0.3) is 0 Å². The van der Waals surface area contributed by atoms with E-state index in [1.165, 1.54) is 5.57 Å². The van der Waals surface area contributed by atoms with Gasteiger partial charge in [0.25, 0.3) is 0 Å². The molecule has 3 heteroatoms. The lowest BCUT2D eigenvalue weighted by Gasteiger charge is -2.57. The fourth-order valence-electron chi connectivity index (χ4n) is 6.75. The first-order valence-electron chi connectivity index (χ1n) is 9.57. The first kappa shape index (κ1) is 17.1. The van der Waals surface area contributed by atoms with Gasteiger partial charge in [0.2, 0.25) is 0 Å². The summed E-state index contributed by atoms with van der Waals surface area (Å²) in [6, 6.07) is 0. The topological polar surface area (TPSA) is 57.5 Å². The Bertz CT molecular complexity index is 726. The molecule has 0 aromatic heterocycles. The minimum atomic E-state index is -0.978. The van der Waals surface area contributed by atoms with Gasteiger partial charge in [-0.15, -0.1) is 6.42 Å². The summed E-state index contributed by atoms with van der Waals surface area (Å²) < 4.78 is 0. The number of hydrogen-bond donors (Lipinski definition) is 2. The van der Waals surface area contributed by atoms with Gasteiger partial charge in [-0.1, -0.05) is 31.4 Å². The average Bonchev–Trinajstić information content (AvgIpc) is 2.87. The number of terminal acetylenes is 1. The van der Waals surface area contributed by atoms with Gasteiger partial charge in [0.05, 0.1) is 6.61 Å². The Labute approximate surface area is 150 Å². The van der Waals surface area contributed by atoms with Gasteiger partial charge in [0.1, 0.15) is 5.60 Å². The average molecular weight is 340 g/mol. The van der Waals surface area contributed by atoms with E-state index in [1.807, 2.05) is 6.08 Å². The summed E-state index contributed by atoms with van der Waals surface area (Å²) >= 11 is 0. The SMILES string of the molecule is C#CC1(O)CCC2C3CCC4=CC(=O)C(CO)=CC4(C)C3CCC21C. The van der Waals surface area contributed by atoms with Crippen LogP contribution in [0.4, 0.5) is 0 Å². The quantitative estimate of drug-likeness (QED) is 0.722. The molecule has 4 rings (SSSR count). The third kappa shape index (κ3) is 2.04. The number of allylic oxidation sites excluding steroid dienone is 3. The minimum Gasteiger partial charge on any atom is -0.392 e. The van der Waals surface area contributed by atoms with Crippen LogP contribution in [-0.4, -0.2) is 28.2 Å². The van der Waals surface area contributed by atoms with Crippen molar-refractivity contribution in [2.45, 2.75) is 58.0 Å². The van der Waals surface area contributed by atoms with E-state index >= 15 is 0 Å². The predicted octanol–water partition coefficient (Wildman–Crippen LogP) is 3.02. The normalized spacial score (nSPS) is 48.6. The molecule has 4 aliphatic carbocycles. The molecule has 4 aliphatic rings. The van der Waals surface area contributed by atoms with Gasteiger partial charge in [-0.05, 0) is 62.4 Å². The summed E-state index contributed by atoms with van der Waals surface area (Å²) in [6.07, 6.45) is 15.2. The van der Waals surface area contributed by atoms with Crippen LogP contribution in [0.1, 0.15) is 52.4 Å². The number of hydrogen-bond acceptors (Lipinski definition) is 3. The van der Waals surface area contributed by atoms with E-state index in [1.54, 1.807) is 6.08 Å². The first-order valence-corrected chi connectivity index (χ1v) is 9.57. The predicted molar refractivity (Wildman–Crippen MR) is 96.4 cm³/mol. The van der Waals surface area contributed by atoms with Crippen LogP contribution >= 0.6 is 0 Å². The van der Waals surface area contributed by atoms with Gasteiger partial charge >= 0.3 is 0 Å². The molecule has 25 heavy (non-hydrogen) atoms. The Hall–Kier alpha value is -1.37. The molecule has 3 saturated carbocycles. The Kier molecular flexibility index (Phi) is 3.63. The molecule has 3 fully saturated rings. The molecule has 6 atom stereocenters. The van der Waals surface area contributed by atoms with E-state index in [0.717, 1.165) is 32.1 Å². The molecule has 0 heterocycles. The zero-order valence-electron chi connectivity index (χ0n) is 15.2. The molecule has 0 aromatic rings. The number of rotatable bonds is 1. The molecule has 0 aromatic carbocycles. The highest BCUT2D eigenvalue weighted by Gasteiger charge is 2.63. The van der Waals surface area contributed by atoms with Crippen molar-refractivity contribution in [2.24, 2.45) is 28.6 Å². The second-order valence-electron chi connectivity index (χ2n) is 9.06. The molecule has 0 saturated heterocycles. The molecule has 6 unspecified atom stereocenters. The van der Waals surface area contributed by atoms with Gasteiger partial charge in [-0.3, -0.25) is 4.79 Å². The molecule has 0 amide bonds. The van der Waals surface area contributed by atoms with Crippen LogP contribution in [0.3, 0.4) is 0 Å². The minimum absolute atomic E-state index is 0.0309. The van der Waals surface area contributed by atoms with E-state index in [9.17, 15) is 15.0 Å². The van der Waals surface area contributed by atoms with E-state index in [2.05, 4.69) is 19.8 Å². The maximum atomic E-state index is 12.2. The Balaban J connectivity index is 1.73. The van der Waals surface area contributed by atoms with Crippen molar-refractivity contribution in [1.82, 2.24) is 0 Å². The lowest BCUT2D eigenvalue weighted by Crippen LogP contribution is -2.54. The van der Waals surface area contributed by atoms with Gasteiger partial charge < -0.3 is 10.2 Å². The smallest absolute Gasteiger partial charge is 0.183 e. The maximum absolute atomic E-state index is 12.2. The Morgan fingerprint density at radius 1 is 1.24 bits per heavy atom. The number of carbonyl (C=O) groups excluding carboxylic acids is 1. The molecular formula is C22H28O3. The van der Waals surface area contributed by atoms with Crippen molar-refractivity contribution in [3.63, 3.8) is 0 Å². The highest BCUT2D eigenvalue weighted by atomic mass is 16.3. The second kappa shape index (κ2) is 5.32. The fraction of sp³-hybridized carbons (Fsp3) is 0.682. The number of ketones is 1.